The lowest BCUT2D eigenvalue weighted by Crippen LogP contribution is -2.19. The van der Waals surface area contributed by atoms with Crippen LogP contribution in [0.1, 0.15) is 22.3 Å². The van der Waals surface area contributed by atoms with Crippen molar-refractivity contribution in [3.05, 3.63) is 104 Å². The van der Waals surface area contributed by atoms with Crippen LogP contribution in [0.2, 0.25) is 10.0 Å². The quantitative estimate of drug-likeness (QED) is 0.238. The minimum atomic E-state index is -0.249. The van der Waals surface area contributed by atoms with Gasteiger partial charge in [-0.25, -0.2) is 4.99 Å². The highest BCUT2D eigenvalue weighted by Gasteiger charge is 2.25. The van der Waals surface area contributed by atoms with E-state index in [1.54, 1.807) is 37.5 Å². The van der Waals surface area contributed by atoms with E-state index in [4.69, 9.17) is 32.7 Å². The third-order valence-electron chi connectivity index (χ3n) is 5.34. The van der Waals surface area contributed by atoms with Crippen molar-refractivity contribution >= 4 is 57.8 Å². The Balaban J connectivity index is 1.60. The molecule has 0 unspecified atom stereocenters. The number of rotatable bonds is 8. The number of hydrogen-bond acceptors (Lipinski definition) is 5. The molecular formula is C28H24Cl2N2O3S. The Morgan fingerprint density at radius 2 is 1.92 bits per heavy atom. The fourth-order valence-electron chi connectivity index (χ4n) is 3.55. The molecule has 1 amide bonds. The van der Waals surface area contributed by atoms with Crippen molar-refractivity contribution < 1.29 is 14.3 Å². The van der Waals surface area contributed by atoms with Gasteiger partial charge in [-0.2, -0.15) is 0 Å². The van der Waals surface area contributed by atoms with E-state index in [0.717, 1.165) is 16.7 Å². The van der Waals surface area contributed by atoms with Crippen LogP contribution in [0.4, 0.5) is 5.69 Å². The van der Waals surface area contributed by atoms with Crippen LogP contribution in [0.25, 0.3) is 6.08 Å². The Morgan fingerprint density at radius 3 is 2.64 bits per heavy atom. The van der Waals surface area contributed by atoms with Gasteiger partial charge in [0.2, 0.25) is 0 Å². The lowest BCUT2D eigenvalue weighted by molar-refractivity contribution is -0.115. The zero-order valence-electron chi connectivity index (χ0n) is 19.8. The Morgan fingerprint density at radius 1 is 1.14 bits per heavy atom. The fourth-order valence-corrected chi connectivity index (χ4v) is 4.72. The van der Waals surface area contributed by atoms with Crippen LogP contribution in [0, 0.1) is 6.92 Å². The summed E-state index contributed by atoms with van der Waals surface area (Å²) in [6.07, 6.45) is 4.18. The average Bonchev–Trinajstić information content (AvgIpc) is 3.20. The first-order chi connectivity index (χ1) is 17.4. The molecule has 0 radical (unpaired) electrons. The van der Waals surface area contributed by atoms with Gasteiger partial charge in [0.05, 0.1) is 27.7 Å². The second-order valence-corrected chi connectivity index (χ2v) is 9.85. The molecular weight excluding hydrogens is 515 g/mol. The molecule has 4 rings (SSSR count). The van der Waals surface area contributed by atoms with Crippen molar-refractivity contribution in [1.82, 2.24) is 5.32 Å². The number of aliphatic imine (C=N–C) groups is 1. The number of methoxy groups -OCH3 is 1. The highest BCUT2D eigenvalue weighted by molar-refractivity contribution is 8.18. The van der Waals surface area contributed by atoms with Crippen LogP contribution in [0.15, 0.2) is 77.1 Å². The van der Waals surface area contributed by atoms with Crippen molar-refractivity contribution in [2.45, 2.75) is 20.0 Å². The normalized spacial score (nSPS) is 15.3. The van der Waals surface area contributed by atoms with Gasteiger partial charge in [-0.15, -0.1) is 6.58 Å². The molecule has 0 aromatic heterocycles. The van der Waals surface area contributed by atoms with Crippen molar-refractivity contribution in [2.75, 3.05) is 7.11 Å². The number of amides is 1. The molecule has 1 aliphatic rings. The third-order valence-corrected chi connectivity index (χ3v) is 7.06. The minimum Gasteiger partial charge on any atom is -0.493 e. The molecule has 1 aliphatic heterocycles. The number of amidine groups is 1. The summed E-state index contributed by atoms with van der Waals surface area (Å²) in [6.45, 7) is 6.33. The van der Waals surface area contributed by atoms with Gasteiger partial charge in [0.15, 0.2) is 16.7 Å². The number of allylic oxidation sites excluding steroid dienone is 1. The van der Waals surface area contributed by atoms with E-state index in [1.165, 1.54) is 17.3 Å². The fraction of sp³-hybridized carbons (Fsp3) is 0.143. The van der Waals surface area contributed by atoms with E-state index in [0.29, 0.717) is 50.3 Å². The molecule has 0 saturated carbocycles. The minimum absolute atomic E-state index is 0.249. The van der Waals surface area contributed by atoms with Crippen LogP contribution in [-0.2, 0) is 17.8 Å². The molecule has 0 bridgehead atoms. The molecule has 8 heteroatoms. The van der Waals surface area contributed by atoms with Crippen LogP contribution in [-0.4, -0.2) is 18.2 Å². The molecule has 36 heavy (non-hydrogen) atoms. The first-order valence-corrected chi connectivity index (χ1v) is 12.7. The van der Waals surface area contributed by atoms with E-state index in [2.05, 4.69) is 29.0 Å². The van der Waals surface area contributed by atoms with Crippen LogP contribution in [0.3, 0.4) is 0 Å². The van der Waals surface area contributed by atoms with E-state index >= 15 is 0 Å². The zero-order valence-corrected chi connectivity index (χ0v) is 22.1. The van der Waals surface area contributed by atoms with Gasteiger partial charge in [-0.3, -0.25) is 4.79 Å². The molecule has 0 aliphatic carbocycles. The number of hydrogen-bond donors (Lipinski definition) is 1. The number of ether oxygens (including phenoxy) is 2. The van der Waals surface area contributed by atoms with Gasteiger partial charge in [-0.05, 0) is 66.6 Å². The molecule has 1 heterocycles. The van der Waals surface area contributed by atoms with E-state index < -0.39 is 0 Å². The molecule has 1 saturated heterocycles. The number of aryl methyl sites for hydroxylation is 1. The van der Waals surface area contributed by atoms with Gasteiger partial charge < -0.3 is 14.8 Å². The van der Waals surface area contributed by atoms with E-state index in [-0.39, 0.29) is 5.91 Å². The maximum absolute atomic E-state index is 12.6. The lowest BCUT2D eigenvalue weighted by atomic mass is 10.0. The largest absolute Gasteiger partial charge is 0.493 e. The number of thioether (sulfide) groups is 1. The van der Waals surface area contributed by atoms with Gasteiger partial charge in [0.1, 0.15) is 6.61 Å². The molecule has 5 nitrogen and oxygen atoms in total. The van der Waals surface area contributed by atoms with Crippen LogP contribution < -0.4 is 14.8 Å². The van der Waals surface area contributed by atoms with E-state index in [1.807, 2.05) is 31.2 Å². The van der Waals surface area contributed by atoms with Crippen LogP contribution in [0.5, 0.6) is 11.5 Å². The first-order valence-electron chi connectivity index (χ1n) is 11.1. The van der Waals surface area contributed by atoms with Gasteiger partial charge in [0.25, 0.3) is 5.91 Å². The maximum Gasteiger partial charge on any atom is 0.264 e. The SMILES string of the molecule is C=CCc1cc(/C=C2/SC(=Nc3cccc(Cl)c3Cl)NC2=O)cc(OC)c1OCc1ccc(C)cc1. The summed E-state index contributed by atoms with van der Waals surface area (Å²) in [6, 6.07) is 17.2. The zero-order chi connectivity index (χ0) is 25.7. The number of carbonyl (C=O) groups is 1. The summed E-state index contributed by atoms with van der Waals surface area (Å²) < 4.78 is 11.8. The number of carbonyl (C=O) groups excluding carboxylic acids is 1. The third kappa shape index (κ3) is 6.13. The van der Waals surface area contributed by atoms with Gasteiger partial charge in [0, 0.05) is 5.56 Å². The molecule has 3 aromatic carbocycles. The molecule has 0 atom stereocenters. The van der Waals surface area contributed by atoms with Gasteiger partial charge >= 0.3 is 0 Å². The summed E-state index contributed by atoms with van der Waals surface area (Å²) in [7, 11) is 1.60. The second-order valence-electron chi connectivity index (χ2n) is 8.03. The molecule has 0 spiro atoms. The molecule has 184 valence electrons. The summed E-state index contributed by atoms with van der Waals surface area (Å²) in [5.41, 5.74) is 4.44. The smallest absolute Gasteiger partial charge is 0.264 e. The van der Waals surface area contributed by atoms with Gasteiger partial charge in [-0.1, -0.05) is 65.2 Å². The Kier molecular flexibility index (Phi) is 8.41. The number of nitrogens with zero attached hydrogens (tertiary/aromatic N) is 1. The second kappa shape index (κ2) is 11.7. The predicted octanol–water partition coefficient (Wildman–Crippen LogP) is 7.51. The summed E-state index contributed by atoms with van der Waals surface area (Å²) in [5, 5.41) is 3.93. The number of nitrogens with one attached hydrogen (secondary N) is 1. The monoisotopic (exact) mass is 538 g/mol. The predicted molar refractivity (Wildman–Crippen MR) is 150 cm³/mol. The average molecular weight is 539 g/mol. The Bertz CT molecular complexity index is 1370. The van der Waals surface area contributed by atoms with Crippen molar-refractivity contribution in [3.63, 3.8) is 0 Å². The van der Waals surface area contributed by atoms with Crippen molar-refractivity contribution in [1.29, 1.82) is 0 Å². The van der Waals surface area contributed by atoms with Crippen LogP contribution >= 0.6 is 35.0 Å². The van der Waals surface area contributed by atoms with Crippen molar-refractivity contribution in [2.24, 2.45) is 4.99 Å². The number of benzene rings is 3. The van der Waals surface area contributed by atoms with E-state index in [9.17, 15) is 4.79 Å². The molecule has 1 N–H and O–H groups in total. The highest BCUT2D eigenvalue weighted by atomic mass is 35.5. The topological polar surface area (TPSA) is 59.9 Å². The summed E-state index contributed by atoms with van der Waals surface area (Å²) in [5.74, 6) is 0.985. The highest BCUT2D eigenvalue weighted by Crippen LogP contribution is 2.37. The Labute approximate surface area is 224 Å². The summed E-state index contributed by atoms with van der Waals surface area (Å²) in [4.78, 5) is 17.6. The molecule has 1 fully saturated rings. The lowest BCUT2D eigenvalue weighted by Gasteiger charge is -2.16. The Hall–Kier alpha value is -3.19. The first kappa shape index (κ1) is 25.9. The summed E-state index contributed by atoms with van der Waals surface area (Å²) >= 11 is 13.5. The standard InChI is InChI=1S/C28H24Cl2N2O3S/c1-4-6-20-13-19(14-23(34-3)26(20)35-16-18-11-9-17(2)10-12-18)15-24-27(33)32-28(36-24)31-22-8-5-7-21(29)25(22)30/h4-5,7-15H,1,6,16H2,2-3H3,(H,31,32,33)/b24-15+. The maximum atomic E-state index is 12.6. The number of halogens is 2. The molecule has 3 aromatic rings. The van der Waals surface area contributed by atoms with Crippen molar-refractivity contribution in [3.8, 4) is 11.5 Å².